The maximum absolute atomic E-state index is 13.0. The maximum Gasteiger partial charge on any atom is 0.338 e. The maximum atomic E-state index is 13.0. The van der Waals surface area contributed by atoms with E-state index in [0.717, 1.165) is 11.3 Å². The van der Waals surface area contributed by atoms with Crippen molar-refractivity contribution < 1.29 is 28.6 Å². The van der Waals surface area contributed by atoms with Crippen LogP contribution in [0.25, 0.3) is 5.69 Å². The lowest BCUT2D eigenvalue weighted by atomic mass is 10.2. The first kappa shape index (κ1) is 30.1. The van der Waals surface area contributed by atoms with Gasteiger partial charge in [0.15, 0.2) is 11.0 Å². The van der Waals surface area contributed by atoms with Gasteiger partial charge < -0.3 is 24.8 Å². The molecule has 0 bridgehead atoms. The molecule has 0 aliphatic rings. The summed E-state index contributed by atoms with van der Waals surface area (Å²) >= 11 is 1.21. The number of esters is 1. The number of carbonyl (C=O) groups is 3. The summed E-state index contributed by atoms with van der Waals surface area (Å²) in [6.07, 6.45) is 0. The Labute approximate surface area is 247 Å². The molecular weight excluding hydrogens is 558 g/mol. The number of benzene rings is 3. The van der Waals surface area contributed by atoms with Crippen LogP contribution in [0.3, 0.4) is 0 Å². The van der Waals surface area contributed by atoms with E-state index >= 15 is 0 Å². The fourth-order valence-corrected chi connectivity index (χ4v) is 4.74. The third-order valence-electron chi connectivity index (χ3n) is 5.99. The quantitative estimate of drug-likeness (QED) is 0.182. The molecule has 1 aromatic heterocycles. The molecular formula is C30H31N5O6S. The predicted octanol–water partition coefficient (Wildman–Crippen LogP) is 4.43. The van der Waals surface area contributed by atoms with Gasteiger partial charge >= 0.3 is 5.97 Å². The zero-order valence-electron chi connectivity index (χ0n) is 23.7. The third kappa shape index (κ3) is 7.67. The number of carbonyl (C=O) groups excluding carboxylic acids is 3. The first-order chi connectivity index (χ1) is 20.3. The zero-order valence-corrected chi connectivity index (χ0v) is 24.5. The molecule has 42 heavy (non-hydrogen) atoms. The van der Waals surface area contributed by atoms with Gasteiger partial charge in [-0.2, -0.15) is 0 Å². The number of aryl methyl sites for hydroxylation is 1. The third-order valence-corrected chi connectivity index (χ3v) is 6.92. The molecule has 11 nitrogen and oxygen atoms in total. The van der Waals surface area contributed by atoms with E-state index in [9.17, 15) is 14.4 Å². The average Bonchev–Trinajstić information content (AvgIpc) is 3.41. The summed E-state index contributed by atoms with van der Waals surface area (Å²) in [5.41, 5.74) is 3.14. The summed E-state index contributed by atoms with van der Waals surface area (Å²) in [6, 6.07) is 19.2. The van der Waals surface area contributed by atoms with Crippen molar-refractivity contribution in [1.82, 2.24) is 20.1 Å². The molecule has 4 rings (SSSR count). The molecule has 0 saturated heterocycles. The monoisotopic (exact) mass is 589 g/mol. The topological polar surface area (TPSA) is 134 Å². The summed E-state index contributed by atoms with van der Waals surface area (Å²) in [4.78, 5) is 37.6. The molecule has 1 heterocycles. The lowest BCUT2D eigenvalue weighted by Gasteiger charge is -2.12. The van der Waals surface area contributed by atoms with Gasteiger partial charge in [-0.15, -0.1) is 10.2 Å². The number of nitrogens with one attached hydrogen (secondary N) is 2. The predicted molar refractivity (Wildman–Crippen MR) is 159 cm³/mol. The van der Waals surface area contributed by atoms with Crippen LogP contribution in [-0.4, -0.2) is 59.1 Å². The van der Waals surface area contributed by atoms with Crippen molar-refractivity contribution in [3.05, 3.63) is 89.2 Å². The van der Waals surface area contributed by atoms with Gasteiger partial charge in [0.2, 0.25) is 5.91 Å². The van der Waals surface area contributed by atoms with Crippen LogP contribution in [-0.2, 0) is 16.1 Å². The van der Waals surface area contributed by atoms with E-state index in [0.29, 0.717) is 39.3 Å². The lowest BCUT2D eigenvalue weighted by molar-refractivity contribution is -0.113. The van der Waals surface area contributed by atoms with Crippen LogP contribution in [0, 0.1) is 6.92 Å². The van der Waals surface area contributed by atoms with Crippen molar-refractivity contribution in [2.45, 2.75) is 25.5 Å². The molecule has 0 aliphatic carbocycles. The van der Waals surface area contributed by atoms with Crippen molar-refractivity contribution in [2.75, 3.05) is 31.9 Å². The number of aromatic nitrogens is 3. The van der Waals surface area contributed by atoms with Crippen LogP contribution < -0.4 is 20.1 Å². The fraction of sp³-hybridized carbons (Fsp3) is 0.233. The molecule has 2 amide bonds. The van der Waals surface area contributed by atoms with Gasteiger partial charge in [0, 0.05) is 23.0 Å². The standard InChI is InChI=1S/C30H31N5O6S/c1-5-41-29(38)20-9-11-22(12-10-20)32-27(36)18-42-30-34-33-26(35(30)23-8-6-7-19(2)13-23)17-31-28(37)21-14-24(39-3)16-25(15-21)40-4/h6-16H,5,17-18H2,1-4H3,(H,31,37)(H,32,36). The molecule has 2 N–H and O–H groups in total. The summed E-state index contributed by atoms with van der Waals surface area (Å²) in [5.74, 6) is 0.513. The number of rotatable bonds is 12. The normalized spacial score (nSPS) is 10.6. The Kier molecular flexibility index (Phi) is 10.2. The first-order valence-corrected chi connectivity index (χ1v) is 14.0. The van der Waals surface area contributed by atoms with Crippen molar-refractivity contribution in [3.8, 4) is 17.2 Å². The molecule has 4 aromatic rings. The van der Waals surface area contributed by atoms with Crippen LogP contribution in [0.2, 0.25) is 0 Å². The minimum Gasteiger partial charge on any atom is -0.497 e. The molecule has 218 valence electrons. The summed E-state index contributed by atoms with van der Waals surface area (Å²) in [7, 11) is 3.03. The Morgan fingerprint density at radius 2 is 1.62 bits per heavy atom. The van der Waals surface area contributed by atoms with Crippen molar-refractivity contribution in [1.29, 1.82) is 0 Å². The van der Waals surface area contributed by atoms with Crippen LogP contribution in [0.4, 0.5) is 5.69 Å². The van der Waals surface area contributed by atoms with Gasteiger partial charge in [-0.3, -0.25) is 14.2 Å². The first-order valence-electron chi connectivity index (χ1n) is 13.0. The van der Waals surface area contributed by atoms with Crippen LogP contribution >= 0.6 is 11.8 Å². The number of hydrogen-bond acceptors (Lipinski definition) is 9. The van der Waals surface area contributed by atoms with E-state index in [1.807, 2.05) is 35.8 Å². The van der Waals surface area contributed by atoms with Gasteiger partial charge in [-0.05, 0) is 67.9 Å². The second kappa shape index (κ2) is 14.2. The van der Waals surface area contributed by atoms with E-state index in [2.05, 4.69) is 20.8 Å². The van der Waals surface area contributed by atoms with Gasteiger partial charge in [0.05, 0.1) is 38.7 Å². The highest BCUT2D eigenvalue weighted by Gasteiger charge is 2.18. The molecule has 12 heteroatoms. The lowest BCUT2D eigenvalue weighted by Crippen LogP contribution is -2.24. The highest BCUT2D eigenvalue weighted by molar-refractivity contribution is 7.99. The number of ether oxygens (including phenoxy) is 3. The molecule has 3 aromatic carbocycles. The Hall–Kier alpha value is -4.84. The molecule has 0 radical (unpaired) electrons. The second-order valence-electron chi connectivity index (χ2n) is 8.99. The number of methoxy groups -OCH3 is 2. The largest absolute Gasteiger partial charge is 0.497 e. The second-order valence-corrected chi connectivity index (χ2v) is 9.93. The van der Waals surface area contributed by atoms with E-state index in [-0.39, 0.29) is 30.7 Å². The molecule has 0 fully saturated rings. The fourth-order valence-electron chi connectivity index (χ4n) is 3.97. The summed E-state index contributed by atoms with van der Waals surface area (Å²) in [6.45, 7) is 4.08. The molecule has 0 spiro atoms. The Morgan fingerprint density at radius 1 is 0.905 bits per heavy atom. The molecule has 0 unspecified atom stereocenters. The van der Waals surface area contributed by atoms with Crippen LogP contribution in [0.5, 0.6) is 11.5 Å². The minimum absolute atomic E-state index is 0.0551. The molecule has 0 atom stereocenters. The Bertz CT molecular complexity index is 1550. The van der Waals surface area contributed by atoms with Gasteiger partial charge in [0.1, 0.15) is 11.5 Å². The van der Waals surface area contributed by atoms with Gasteiger partial charge in [0.25, 0.3) is 5.91 Å². The highest BCUT2D eigenvalue weighted by atomic mass is 32.2. The number of amides is 2. The molecule has 0 saturated carbocycles. The van der Waals surface area contributed by atoms with Gasteiger partial charge in [-0.1, -0.05) is 23.9 Å². The Balaban J connectivity index is 1.47. The Morgan fingerprint density at radius 3 is 2.26 bits per heavy atom. The number of nitrogens with zero attached hydrogens (tertiary/aromatic N) is 3. The van der Waals surface area contributed by atoms with Gasteiger partial charge in [-0.25, -0.2) is 4.79 Å². The van der Waals surface area contributed by atoms with E-state index < -0.39 is 5.97 Å². The zero-order chi connectivity index (χ0) is 30.1. The van der Waals surface area contributed by atoms with E-state index in [1.165, 1.54) is 26.0 Å². The van der Waals surface area contributed by atoms with Crippen LogP contribution in [0.15, 0.2) is 71.9 Å². The number of anilines is 1. The van der Waals surface area contributed by atoms with E-state index in [1.54, 1.807) is 49.4 Å². The van der Waals surface area contributed by atoms with Crippen LogP contribution in [0.1, 0.15) is 39.0 Å². The van der Waals surface area contributed by atoms with Crippen molar-refractivity contribution >= 4 is 35.2 Å². The van der Waals surface area contributed by atoms with Crippen molar-refractivity contribution in [3.63, 3.8) is 0 Å². The number of thioether (sulfide) groups is 1. The SMILES string of the molecule is CCOC(=O)c1ccc(NC(=O)CSc2nnc(CNC(=O)c3cc(OC)cc(OC)c3)n2-c2cccc(C)c2)cc1. The molecule has 0 aliphatic heterocycles. The average molecular weight is 590 g/mol. The smallest absolute Gasteiger partial charge is 0.338 e. The van der Waals surface area contributed by atoms with Crippen molar-refractivity contribution in [2.24, 2.45) is 0 Å². The van der Waals surface area contributed by atoms with E-state index in [4.69, 9.17) is 14.2 Å². The minimum atomic E-state index is -0.420. The summed E-state index contributed by atoms with van der Waals surface area (Å²) in [5, 5.41) is 14.8. The number of hydrogen-bond donors (Lipinski definition) is 2. The highest BCUT2D eigenvalue weighted by Crippen LogP contribution is 2.25. The summed E-state index contributed by atoms with van der Waals surface area (Å²) < 4.78 is 17.3.